The van der Waals surface area contributed by atoms with Crippen LogP contribution in [-0.2, 0) is 6.42 Å². The molecule has 0 bridgehead atoms. The normalized spacial score (nSPS) is 12.4. The second-order valence-corrected chi connectivity index (χ2v) is 6.55. The summed E-state index contributed by atoms with van der Waals surface area (Å²) in [7, 11) is 0. The molecule has 0 amide bonds. The standard InChI is InChI=1S/C15H15Br2FN2/c1-9-4-11(6-13(17)5-9)15(20-19)7-10-2-3-12(16)8-14(10)18/h2-6,8,15,20H,7,19H2,1H3. The van der Waals surface area contributed by atoms with Crippen LogP contribution in [0.5, 0.6) is 0 Å². The number of hydrazine groups is 1. The first-order chi connectivity index (χ1) is 9.49. The van der Waals surface area contributed by atoms with Gasteiger partial charge in [0.25, 0.3) is 0 Å². The van der Waals surface area contributed by atoms with Crippen molar-refractivity contribution >= 4 is 31.9 Å². The van der Waals surface area contributed by atoms with Crippen LogP contribution in [0.3, 0.4) is 0 Å². The highest BCUT2D eigenvalue weighted by Crippen LogP contribution is 2.25. The van der Waals surface area contributed by atoms with Crippen molar-refractivity contribution in [3.63, 3.8) is 0 Å². The molecule has 1 unspecified atom stereocenters. The zero-order chi connectivity index (χ0) is 14.7. The molecule has 0 aromatic heterocycles. The summed E-state index contributed by atoms with van der Waals surface area (Å²) in [6.07, 6.45) is 0.492. The molecule has 2 aromatic rings. The Hall–Kier alpha value is -0.750. The Morgan fingerprint density at radius 1 is 1.15 bits per heavy atom. The highest BCUT2D eigenvalue weighted by atomic mass is 79.9. The molecular formula is C15H15Br2FN2. The number of benzene rings is 2. The first kappa shape index (κ1) is 15.6. The predicted molar refractivity (Wildman–Crippen MR) is 86.7 cm³/mol. The van der Waals surface area contributed by atoms with Gasteiger partial charge in [-0.15, -0.1) is 0 Å². The van der Waals surface area contributed by atoms with E-state index >= 15 is 0 Å². The van der Waals surface area contributed by atoms with E-state index in [1.54, 1.807) is 6.07 Å². The molecule has 0 radical (unpaired) electrons. The number of nitrogens with one attached hydrogen (secondary N) is 1. The predicted octanol–water partition coefficient (Wildman–Crippen LogP) is 4.41. The van der Waals surface area contributed by atoms with Crippen molar-refractivity contribution in [3.8, 4) is 0 Å². The molecule has 0 aliphatic rings. The Kier molecular flexibility index (Phi) is 5.32. The van der Waals surface area contributed by atoms with E-state index in [9.17, 15) is 4.39 Å². The van der Waals surface area contributed by atoms with Crippen LogP contribution < -0.4 is 11.3 Å². The Labute approximate surface area is 134 Å². The van der Waals surface area contributed by atoms with Gasteiger partial charge in [-0.05, 0) is 54.3 Å². The van der Waals surface area contributed by atoms with Crippen LogP contribution in [0.15, 0.2) is 45.3 Å². The van der Waals surface area contributed by atoms with E-state index in [-0.39, 0.29) is 11.9 Å². The first-order valence-electron chi connectivity index (χ1n) is 6.16. The lowest BCUT2D eigenvalue weighted by Crippen LogP contribution is -2.29. The van der Waals surface area contributed by atoms with Gasteiger partial charge in [-0.3, -0.25) is 11.3 Å². The van der Waals surface area contributed by atoms with Gasteiger partial charge in [-0.2, -0.15) is 0 Å². The Balaban J connectivity index is 2.28. The summed E-state index contributed by atoms with van der Waals surface area (Å²) in [5.74, 6) is 5.41. The second-order valence-electron chi connectivity index (χ2n) is 4.72. The summed E-state index contributed by atoms with van der Waals surface area (Å²) in [6, 6.07) is 11.0. The average molecular weight is 402 g/mol. The maximum atomic E-state index is 13.9. The summed E-state index contributed by atoms with van der Waals surface area (Å²) >= 11 is 6.73. The highest BCUT2D eigenvalue weighted by molar-refractivity contribution is 9.10. The zero-order valence-electron chi connectivity index (χ0n) is 11.0. The van der Waals surface area contributed by atoms with Crippen molar-refractivity contribution in [3.05, 3.63) is 67.9 Å². The van der Waals surface area contributed by atoms with Crippen molar-refractivity contribution in [1.29, 1.82) is 0 Å². The molecular weight excluding hydrogens is 387 g/mol. The fourth-order valence-electron chi connectivity index (χ4n) is 2.15. The number of rotatable bonds is 4. The summed E-state index contributed by atoms with van der Waals surface area (Å²) in [6.45, 7) is 2.02. The van der Waals surface area contributed by atoms with Crippen LogP contribution in [-0.4, -0.2) is 0 Å². The molecule has 2 aromatic carbocycles. The lowest BCUT2D eigenvalue weighted by molar-refractivity contribution is 0.528. The zero-order valence-corrected chi connectivity index (χ0v) is 14.1. The molecule has 0 aliphatic carbocycles. The quantitative estimate of drug-likeness (QED) is 0.588. The average Bonchev–Trinajstić information content (AvgIpc) is 2.36. The van der Waals surface area contributed by atoms with Crippen LogP contribution in [0.25, 0.3) is 0 Å². The van der Waals surface area contributed by atoms with E-state index in [4.69, 9.17) is 5.84 Å². The van der Waals surface area contributed by atoms with E-state index in [2.05, 4.69) is 37.3 Å². The molecule has 2 nitrogen and oxygen atoms in total. The van der Waals surface area contributed by atoms with Crippen LogP contribution in [0.4, 0.5) is 4.39 Å². The van der Waals surface area contributed by atoms with Gasteiger partial charge in [0.15, 0.2) is 0 Å². The third-order valence-electron chi connectivity index (χ3n) is 3.11. The number of halogens is 3. The van der Waals surface area contributed by atoms with Crippen molar-refractivity contribution in [2.45, 2.75) is 19.4 Å². The molecule has 106 valence electrons. The van der Waals surface area contributed by atoms with E-state index in [0.717, 1.165) is 20.1 Å². The van der Waals surface area contributed by atoms with Crippen molar-refractivity contribution in [2.75, 3.05) is 0 Å². The van der Waals surface area contributed by atoms with E-state index in [1.807, 2.05) is 31.2 Å². The Morgan fingerprint density at radius 3 is 2.50 bits per heavy atom. The molecule has 5 heteroatoms. The molecule has 0 fully saturated rings. The van der Waals surface area contributed by atoms with Crippen LogP contribution >= 0.6 is 31.9 Å². The third-order valence-corrected chi connectivity index (χ3v) is 4.06. The summed E-state index contributed by atoms with van der Waals surface area (Å²) in [5, 5.41) is 0. The van der Waals surface area contributed by atoms with Crippen LogP contribution in [0.2, 0.25) is 0 Å². The van der Waals surface area contributed by atoms with E-state index < -0.39 is 0 Å². The topological polar surface area (TPSA) is 38.0 Å². The molecule has 1 atom stereocenters. The lowest BCUT2D eigenvalue weighted by Gasteiger charge is -2.18. The fraction of sp³-hybridized carbons (Fsp3) is 0.200. The molecule has 3 N–H and O–H groups in total. The van der Waals surface area contributed by atoms with Gasteiger partial charge >= 0.3 is 0 Å². The Bertz CT molecular complexity index is 597. The van der Waals surface area contributed by atoms with Gasteiger partial charge in [0.1, 0.15) is 5.82 Å². The number of aryl methyl sites for hydroxylation is 1. The van der Waals surface area contributed by atoms with Gasteiger partial charge in [-0.1, -0.05) is 44.0 Å². The van der Waals surface area contributed by atoms with Gasteiger partial charge in [0.05, 0.1) is 6.04 Å². The molecule has 0 spiro atoms. The van der Waals surface area contributed by atoms with E-state index in [0.29, 0.717) is 12.0 Å². The first-order valence-corrected chi connectivity index (χ1v) is 7.75. The minimum atomic E-state index is -0.230. The van der Waals surface area contributed by atoms with Gasteiger partial charge < -0.3 is 0 Å². The van der Waals surface area contributed by atoms with Crippen molar-refractivity contribution < 1.29 is 4.39 Å². The SMILES string of the molecule is Cc1cc(Br)cc(C(Cc2ccc(Br)cc2F)NN)c1. The van der Waals surface area contributed by atoms with Gasteiger partial charge in [0.2, 0.25) is 0 Å². The molecule has 0 heterocycles. The highest BCUT2D eigenvalue weighted by Gasteiger charge is 2.14. The minimum absolute atomic E-state index is 0.137. The number of hydrogen-bond donors (Lipinski definition) is 2. The Morgan fingerprint density at radius 2 is 1.90 bits per heavy atom. The summed E-state index contributed by atoms with van der Waals surface area (Å²) in [4.78, 5) is 0. The maximum absolute atomic E-state index is 13.9. The number of nitrogens with two attached hydrogens (primary N) is 1. The number of hydrogen-bond acceptors (Lipinski definition) is 2. The maximum Gasteiger partial charge on any atom is 0.127 e. The second kappa shape index (κ2) is 6.80. The third kappa shape index (κ3) is 3.88. The lowest BCUT2D eigenvalue weighted by atomic mass is 9.98. The van der Waals surface area contributed by atoms with Crippen LogP contribution in [0.1, 0.15) is 22.7 Å². The van der Waals surface area contributed by atoms with E-state index in [1.165, 1.54) is 6.07 Å². The molecule has 20 heavy (non-hydrogen) atoms. The molecule has 0 saturated heterocycles. The fourth-order valence-corrected chi connectivity index (χ4v) is 3.10. The monoisotopic (exact) mass is 400 g/mol. The smallest absolute Gasteiger partial charge is 0.127 e. The molecule has 0 saturated carbocycles. The van der Waals surface area contributed by atoms with Crippen molar-refractivity contribution in [1.82, 2.24) is 5.43 Å². The van der Waals surface area contributed by atoms with Gasteiger partial charge in [0, 0.05) is 8.95 Å². The van der Waals surface area contributed by atoms with Crippen molar-refractivity contribution in [2.24, 2.45) is 5.84 Å². The summed E-state index contributed by atoms with van der Waals surface area (Å²) < 4.78 is 15.6. The molecule has 2 rings (SSSR count). The summed E-state index contributed by atoms with van der Waals surface area (Å²) in [5.41, 5.74) is 5.56. The minimum Gasteiger partial charge on any atom is -0.271 e. The van der Waals surface area contributed by atoms with Gasteiger partial charge in [-0.25, -0.2) is 4.39 Å². The largest absolute Gasteiger partial charge is 0.271 e. The molecule has 0 aliphatic heterocycles. The van der Waals surface area contributed by atoms with Crippen LogP contribution in [0, 0.1) is 12.7 Å².